The maximum absolute atomic E-state index is 2.33. The lowest BCUT2D eigenvalue weighted by Crippen LogP contribution is -1.89. The van der Waals surface area contributed by atoms with Gasteiger partial charge < -0.3 is 4.57 Å². The van der Waals surface area contributed by atoms with E-state index >= 15 is 0 Å². The summed E-state index contributed by atoms with van der Waals surface area (Å²) >= 11 is 3.76. The maximum Gasteiger partial charge on any atom is 0.0450 e. The van der Waals surface area contributed by atoms with Gasteiger partial charge in [0.25, 0.3) is 0 Å². The van der Waals surface area contributed by atoms with Crippen LogP contribution < -0.4 is 0 Å². The van der Waals surface area contributed by atoms with Crippen LogP contribution >= 0.6 is 22.7 Å². The number of nitrogens with zero attached hydrogens (tertiary/aromatic N) is 1. The van der Waals surface area contributed by atoms with Gasteiger partial charge in [-0.05, 0) is 70.0 Å². The Labute approximate surface area is 163 Å². The second-order valence-corrected chi connectivity index (χ2v) is 9.90. The number of aromatic nitrogens is 1. The molecule has 1 aromatic carbocycles. The Hall–Kier alpha value is -2.10. The van der Waals surface area contributed by atoms with E-state index in [0.29, 0.717) is 0 Å². The smallest absolute Gasteiger partial charge is 0.0450 e. The predicted molar refractivity (Wildman–Crippen MR) is 116 cm³/mol. The van der Waals surface area contributed by atoms with Crippen molar-refractivity contribution in [2.75, 3.05) is 0 Å². The van der Waals surface area contributed by atoms with E-state index in [1.807, 2.05) is 22.7 Å². The largest absolute Gasteiger partial charge is 0.323 e. The third-order valence-corrected chi connectivity index (χ3v) is 6.75. The van der Waals surface area contributed by atoms with Crippen molar-refractivity contribution >= 4 is 22.7 Å². The Morgan fingerprint density at radius 1 is 0.615 bits per heavy atom. The van der Waals surface area contributed by atoms with Gasteiger partial charge in [0.15, 0.2) is 0 Å². The van der Waals surface area contributed by atoms with Crippen molar-refractivity contribution < 1.29 is 0 Å². The molecule has 0 amide bonds. The average molecular weight is 378 g/mol. The van der Waals surface area contributed by atoms with Gasteiger partial charge in [0, 0.05) is 48.7 Å². The number of thiophene rings is 2. The van der Waals surface area contributed by atoms with Crippen molar-refractivity contribution in [1.29, 1.82) is 0 Å². The zero-order chi connectivity index (χ0) is 18.4. The highest BCUT2D eigenvalue weighted by Gasteiger charge is 2.18. The third kappa shape index (κ3) is 3.06. The molecule has 4 rings (SSSR count). The number of hydrogen-bond donors (Lipinski definition) is 0. The third-order valence-electron chi connectivity index (χ3n) is 4.82. The lowest BCUT2D eigenvalue weighted by Gasteiger charge is -2.03. The Bertz CT molecular complexity index is 1010. The first kappa shape index (κ1) is 17.3. The van der Waals surface area contributed by atoms with E-state index in [9.17, 15) is 0 Å². The van der Waals surface area contributed by atoms with Crippen molar-refractivity contribution in [3.05, 3.63) is 73.9 Å². The molecule has 0 saturated carbocycles. The molecule has 3 heterocycles. The molecule has 0 bridgehead atoms. The molecule has 3 heteroatoms. The monoisotopic (exact) mass is 377 g/mol. The zero-order valence-corrected chi connectivity index (χ0v) is 17.5. The number of rotatable bonds is 3. The topological polar surface area (TPSA) is 4.93 Å². The first-order chi connectivity index (χ1) is 12.4. The SMILES string of the molecule is Cc1ccc(-n2cc(-c3cc(C)sc3C)c(-c3cc(C)sc3C)c2)cc1. The van der Waals surface area contributed by atoms with Gasteiger partial charge in [-0.3, -0.25) is 0 Å². The minimum Gasteiger partial charge on any atom is -0.323 e. The van der Waals surface area contributed by atoms with Gasteiger partial charge in [-0.25, -0.2) is 0 Å². The van der Waals surface area contributed by atoms with Crippen LogP contribution in [0.3, 0.4) is 0 Å². The van der Waals surface area contributed by atoms with Crippen LogP contribution in [-0.2, 0) is 0 Å². The summed E-state index contributed by atoms with van der Waals surface area (Å²) < 4.78 is 2.27. The van der Waals surface area contributed by atoms with Crippen LogP contribution in [0, 0.1) is 34.6 Å². The van der Waals surface area contributed by atoms with Crippen LogP contribution in [0.2, 0.25) is 0 Å². The van der Waals surface area contributed by atoms with E-state index < -0.39 is 0 Å². The van der Waals surface area contributed by atoms with Crippen LogP contribution in [0.25, 0.3) is 27.9 Å². The summed E-state index contributed by atoms with van der Waals surface area (Å²) in [5, 5.41) is 0. The number of hydrogen-bond acceptors (Lipinski definition) is 2. The van der Waals surface area contributed by atoms with E-state index in [2.05, 4.69) is 88.0 Å². The maximum atomic E-state index is 2.33. The average Bonchev–Trinajstić information content (AvgIpc) is 3.25. The number of benzene rings is 1. The van der Waals surface area contributed by atoms with Gasteiger partial charge in [0.05, 0.1) is 0 Å². The van der Waals surface area contributed by atoms with E-state index in [4.69, 9.17) is 0 Å². The van der Waals surface area contributed by atoms with Crippen LogP contribution in [0.4, 0.5) is 0 Å². The molecular weight excluding hydrogens is 354 g/mol. The lowest BCUT2D eigenvalue weighted by atomic mass is 10.00. The van der Waals surface area contributed by atoms with Crippen molar-refractivity contribution in [3.8, 4) is 27.9 Å². The molecule has 0 aliphatic heterocycles. The molecule has 0 radical (unpaired) electrons. The van der Waals surface area contributed by atoms with Crippen molar-refractivity contribution in [1.82, 2.24) is 4.57 Å². The molecule has 0 spiro atoms. The van der Waals surface area contributed by atoms with Crippen LogP contribution in [-0.4, -0.2) is 4.57 Å². The second-order valence-electron chi connectivity index (χ2n) is 6.98. The Morgan fingerprint density at radius 3 is 1.46 bits per heavy atom. The van der Waals surface area contributed by atoms with Crippen LogP contribution in [0.1, 0.15) is 25.1 Å². The highest BCUT2D eigenvalue weighted by molar-refractivity contribution is 7.12. The van der Waals surface area contributed by atoms with Gasteiger partial charge in [-0.15, -0.1) is 22.7 Å². The second kappa shape index (κ2) is 6.57. The Kier molecular flexibility index (Phi) is 4.37. The van der Waals surface area contributed by atoms with Gasteiger partial charge in [-0.1, -0.05) is 17.7 Å². The molecule has 0 atom stereocenters. The van der Waals surface area contributed by atoms with Crippen molar-refractivity contribution in [2.24, 2.45) is 0 Å². The highest BCUT2D eigenvalue weighted by atomic mass is 32.1. The highest BCUT2D eigenvalue weighted by Crippen LogP contribution is 2.41. The Morgan fingerprint density at radius 2 is 1.08 bits per heavy atom. The van der Waals surface area contributed by atoms with Gasteiger partial charge in [0.1, 0.15) is 0 Å². The molecule has 1 nitrogen and oxygen atoms in total. The van der Waals surface area contributed by atoms with Crippen LogP contribution in [0.15, 0.2) is 48.8 Å². The van der Waals surface area contributed by atoms with Gasteiger partial charge in [-0.2, -0.15) is 0 Å². The molecule has 0 saturated heterocycles. The van der Waals surface area contributed by atoms with Gasteiger partial charge in [0.2, 0.25) is 0 Å². The standard InChI is InChI=1S/C23H23NS2/c1-14-6-8-19(9-7-14)24-12-22(20-10-15(2)25-17(20)4)23(13-24)21-11-16(3)26-18(21)5/h6-13H,1-5H3. The molecule has 0 fully saturated rings. The zero-order valence-electron chi connectivity index (χ0n) is 15.9. The summed E-state index contributed by atoms with van der Waals surface area (Å²) in [6.07, 6.45) is 4.59. The molecular formula is C23H23NS2. The summed E-state index contributed by atoms with van der Waals surface area (Å²) in [6, 6.07) is 13.4. The molecule has 4 aromatic rings. The summed E-state index contributed by atoms with van der Waals surface area (Å²) in [5.41, 5.74) is 7.86. The normalized spacial score (nSPS) is 11.3. The molecule has 0 unspecified atom stereocenters. The first-order valence-corrected chi connectivity index (χ1v) is 10.5. The molecule has 0 aliphatic carbocycles. The van der Waals surface area contributed by atoms with E-state index in [1.165, 1.54) is 53.0 Å². The minimum absolute atomic E-state index is 1.21. The summed E-state index contributed by atoms with van der Waals surface area (Å²) in [6.45, 7) is 11.0. The van der Waals surface area contributed by atoms with E-state index in [0.717, 1.165) is 0 Å². The van der Waals surface area contributed by atoms with Crippen molar-refractivity contribution in [2.45, 2.75) is 34.6 Å². The van der Waals surface area contributed by atoms with E-state index in [-0.39, 0.29) is 0 Å². The lowest BCUT2D eigenvalue weighted by molar-refractivity contribution is 1.08. The van der Waals surface area contributed by atoms with Gasteiger partial charge >= 0.3 is 0 Å². The molecule has 0 N–H and O–H groups in total. The van der Waals surface area contributed by atoms with E-state index in [1.54, 1.807) is 0 Å². The number of aryl methyl sites for hydroxylation is 5. The summed E-state index contributed by atoms with van der Waals surface area (Å²) in [7, 11) is 0. The fraction of sp³-hybridized carbons (Fsp3) is 0.217. The Balaban J connectivity index is 1.95. The predicted octanol–water partition coefficient (Wildman–Crippen LogP) is 7.48. The fourth-order valence-corrected chi connectivity index (χ4v) is 5.42. The fourth-order valence-electron chi connectivity index (χ4n) is 3.55. The quantitative estimate of drug-likeness (QED) is 0.349. The molecule has 132 valence electrons. The molecule has 3 aromatic heterocycles. The first-order valence-electron chi connectivity index (χ1n) is 8.86. The van der Waals surface area contributed by atoms with Crippen molar-refractivity contribution in [3.63, 3.8) is 0 Å². The molecule has 26 heavy (non-hydrogen) atoms. The summed E-state index contributed by atoms with van der Waals surface area (Å²) in [4.78, 5) is 5.50. The van der Waals surface area contributed by atoms with Crippen LogP contribution in [0.5, 0.6) is 0 Å². The minimum atomic E-state index is 1.21. The molecule has 0 aliphatic rings. The summed E-state index contributed by atoms with van der Waals surface area (Å²) in [5.74, 6) is 0.